The molecule has 22 heavy (non-hydrogen) atoms. The fraction of sp³-hybridized carbons (Fsp3) is 0.882. The number of likely N-dealkylation sites (tertiary alicyclic amines) is 1. The zero-order valence-electron chi connectivity index (χ0n) is 13.6. The highest BCUT2D eigenvalue weighted by molar-refractivity contribution is 5.85. The first-order chi connectivity index (χ1) is 10.7. The third-order valence-electron chi connectivity index (χ3n) is 5.51. The van der Waals surface area contributed by atoms with Gasteiger partial charge < -0.3 is 9.80 Å². The summed E-state index contributed by atoms with van der Waals surface area (Å²) >= 11 is 0. The molecule has 0 spiro atoms. The minimum atomic E-state index is 0.140. The number of amides is 2. The van der Waals surface area contributed by atoms with Crippen molar-refractivity contribution in [3.05, 3.63) is 0 Å². The van der Waals surface area contributed by atoms with Crippen LogP contribution in [0.1, 0.15) is 51.4 Å². The van der Waals surface area contributed by atoms with Crippen molar-refractivity contribution in [2.24, 2.45) is 0 Å². The van der Waals surface area contributed by atoms with E-state index in [0.717, 1.165) is 58.0 Å². The molecule has 5 heteroatoms. The molecule has 0 aromatic heterocycles. The van der Waals surface area contributed by atoms with Gasteiger partial charge in [0.25, 0.3) is 0 Å². The maximum Gasteiger partial charge on any atom is 0.242 e. The van der Waals surface area contributed by atoms with Gasteiger partial charge in [0.15, 0.2) is 0 Å². The smallest absolute Gasteiger partial charge is 0.242 e. The largest absolute Gasteiger partial charge is 0.339 e. The molecule has 0 N–H and O–H groups in total. The van der Waals surface area contributed by atoms with Gasteiger partial charge in [-0.1, -0.05) is 19.3 Å². The van der Waals surface area contributed by atoms with E-state index in [1.54, 1.807) is 4.90 Å². The molecular formula is C17H29N3O2. The zero-order valence-corrected chi connectivity index (χ0v) is 13.6. The molecule has 3 rings (SSSR count). The summed E-state index contributed by atoms with van der Waals surface area (Å²) in [4.78, 5) is 30.8. The Morgan fingerprint density at radius 2 is 1.64 bits per heavy atom. The van der Waals surface area contributed by atoms with E-state index in [1.165, 1.54) is 25.7 Å². The van der Waals surface area contributed by atoms with Crippen LogP contribution in [0.25, 0.3) is 0 Å². The van der Waals surface area contributed by atoms with Crippen LogP contribution in [-0.2, 0) is 9.59 Å². The monoisotopic (exact) mass is 307 g/mol. The van der Waals surface area contributed by atoms with Crippen molar-refractivity contribution in [3.8, 4) is 0 Å². The highest BCUT2D eigenvalue weighted by atomic mass is 16.2. The fourth-order valence-corrected chi connectivity index (χ4v) is 4.07. The van der Waals surface area contributed by atoms with Crippen molar-refractivity contribution in [3.63, 3.8) is 0 Å². The van der Waals surface area contributed by atoms with Crippen molar-refractivity contribution in [1.82, 2.24) is 14.7 Å². The van der Waals surface area contributed by atoms with E-state index >= 15 is 0 Å². The number of piperazine rings is 1. The van der Waals surface area contributed by atoms with Crippen LogP contribution in [0, 0.1) is 0 Å². The van der Waals surface area contributed by atoms with Gasteiger partial charge in [0.1, 0.15) is 0 Å². The van der Waals surface area contributed by atoms with E-state index in [9.17, 15) is 9.59 Å². The molecule has 0 aromatic carbocycles. The van der Waals surface area contributed by atoms with Crippen molar-refractivity contribution >= 4 is 11.8 Å². The normalized spacial score (nSPS) is 25.5. The average molecular weight is 307 g/mol. The predicted octanol–water partition coefficient (Wildman–Crippen LogP) is 1.48. The van der Waals surface area contributed by atoms with E-state index in [2.05, 4.69) is 4.90 Å². The van der Waals surface area contributed by atoms with E-state index in [0.29, 0.717) is 13.0 Å². The van der Waals surface area contributed by atoms with Gasteiger partial charge in [-0.25, -0.2) is 0 Å². The Bertz CT molecular complexity index is 399. The van der Waals surface area contributed by atoms with Gasteiger partial charge >= 0.3 is 0 Å². The van der Waals surface area contributed by atoms with Gasteiger partial charge in [0.05, 0.1) is 6.54 Å². The molecule has 2 amide bonds. The topological polar surface area (TPSA) is 43.9 Å². The number of carbonyl (C=O) groups excluding carboxylic acids is 2. The van der Waals surface area contributed by atoms with Crippen LogP contribution in [0.5, 0.6) is 0 Å². The maximum atomic E-state index is 12.5. The van der Waals surface area contributed by atoms with Crippen LogP contribution >= 0.6 is 0 Å². The van der Waals surface area contributed by atoms with Gasteiger partial charge in [0.2, 0.25) is 11.8 Å². The quantitative estimate of drug-likeness (QED) is 0.793. The maximum absolute atomic E-state index is 12.5. The van der Waals surface area contributed by atoms with E-state index < -0.39 is 0 Å². The summed E-state index contributed by atoms with van der Waals surface area (Å²) < 4.78 is 0. The Kier molecular flexibility index (Phi) is 5.34. The highest BCUT2D eigenvalue weighted by Crippen LogP contribution is 2.24. The van der Waals surface area contributed by atoms with Crippen LogP contribution in [0.15, 0.2) is 0 Å². The minimum Gasteiger partial charge on any atom is -0.339 e. The second-order valence-corrected chi connectivity index (χ2v) is 6.98. The molecule has 5 nitrogen and oxygen atoms in total. The molecule has 0 unspecified atom stereocenters. The van der Waals surface area contributed by atoms with Gasteiger partial charge in [0, 0.05) is 45.2 Å². The number of rotatable bonds is 3. The van der Waals surface area contributed by atoms with Gasteiger partial charge in [-0.05, 0) is 25.7 Å². The Morgan fingerprint density at radius 3 is 2.36 bits per heavy atom. The lowest BCUT2D eigenvalue weighted by Crippen LogP contribution is -2.53. The summed E-state index contributed by atoms with van der Waals surface area (Å²) in [7, 11) is 0. The lowest BCUT2D eigenvalue weighted by molar-refractivity contribution is -0.141. The molecule has 2 saturated heterocycles. The molecule has 2 heterocycles. The number of nitrogens with zero attached hydrogens (tertiary/aromatic N) is 3. The molecule has 3 fully saturated rings. The first-order valence-electron chi connectivity index (χ1n) is 9.03. The summed E-state index contributed by atoms with van der Waals surface area (Å²) in [6.07, 6.45) is 9.12. The van der Waals surface area contributed by atoms with Gasteiger partial charge in [-0.2, -0.15) is 0 Å². The van der Waals surface area contributed by atoms with Crippen molar-refractivity contribution in [2.75, 3.05) is 39.3 Å². The van der Waals surface area contributed by atoms with Crippen molar-refractivity contribution < 1.29 is 9.59 Å². The molecule has 0 aromatic rings. The lowest BCUT2D eigenvalue weighted by Gasteiger charge is -2.38. The minimum absolute atomic E-state index is 0.140. The zero-order chi connectivity index (χ0) is 15.4. The van der Waals surface area contributed by atoms with Crippen LogP contribution < -0.4 is 0 Å². The van der Waals surface area contributed by atoms with Gasteiger partial charge in [-0.15, -0.1) is 0 Å². The second kappa shape index (κ2) is 7.44. The van der Waals surface area contributed by atoms with Gasteiger partial charge in [-0.3, -0.25) is 14.5 Å². The molecule has 0 bridgehead atoms. The molecule has 0 atom stereocenters. The number of hydrogen-bond acceptors (Lipinski definition) is 3. The third kappa shape index (κ3) is 3.80. The van der Waals surface area contributed by atoms with E-state index in [-0.39, 0.29) is 11.8 Å². The summed E-state index contributed by atoms with van der Waals surface area (Å²) in [6, 6.07) is 0.754. The molecule has 1 saturated carbocycles. The average Bonchev–Trinajstić information content (AvgIpc) is 3.00. The highest BCUT2D eigenvalue weighted by Gasteiger charge is 2.29. The summed E-state index contributed by atoms with van der Waals surface area (Å²) in [5.74, 6) is 0.303. The third-order valence-corrected chi connectivity index (χ3v) is 5.51. The molecule has 124 valence electrons. The molecule has 0 radical (unpaired) electrons. The molecule has 1 aliphatic carbocycles. The predicted molar refractivity (Wildman–Crippen MR) is 85.5 cm³/mol. The summed E-state index contributed by atoms with van der Waals surface area (Å²) in [5, 5.41) is 0. The van der Waals surface area contributed by atoms with Crippen molar-refractivity contribution in [2.45, 2.75) is 57.4 Å². The first kappa shape index (κ1) is 15.8. The van der Waals surface area contributed by atoms with Crippen LogP contribution in [0.4, 0.5) is 0 Å². The SMILES string of the molecule is O=C(CN1CCCCCC1=O)N1CCN(C2CCCC2)CC1. The number of hydrogen-bond donors (Lipinski definition) is 0. The van der Waals surface area contributed by atoms with Crippen molar-refractivity contribution in [1.29, 1.82) is 0 Å². The summed E-state index contributed by atoms with van der Waals surface area (Å²) in [6.45, 7) is 4.72. The Balaban J connectivity index is 1.46. The second-order valence-electron chi connectivity index (χ2n) is 6.98. The van der Waals surface area contributed by atoms with E-state index in [1.807, 2.05) is 4.90 Å². The lowest BCUT2D eigenvalue weighted by atomic mass is 10.2. The number of carbonyl (C=O) groups is 2. The summed E-state index contributed by atoms with van der Waals surface area (Å²) in [5.41, 5.74) is 0. The Morgan fingerprint density at radius 1 is 0.909 bits per heavy atom. The van der Waals surface area contributed by atoms with Crippen LogP contribution in [0.2, 0.25) is 0 Å². The fourth-order valence-electron chi connectivity index (χ4n) is 4.07. The standard InChI is InChI=1S/C17H29N3O2/c21-16-8-2-1-5-9-20(16)14-17(22)19-12-10-18(11-13-19)15-6-3-4-7-15/h15H,1-14H2. The molecule has 3 aliphatic rings. The Labute approximate surface area is 133 Å². The first-order valence-corrected chi connectivity index (χ1v) is 9.03. The van der Waals surface area contributed by atoms with Crippen LogP contribution in [0.3, 0.4) is 0 Å². The van der Waals surface area contributed by atoms with E-state index in [4.69, 9.17) is 0 Å². The van der Waals surface area contributed by atoms with Crippen LogP contribution in [-0.4, -0.2) is 71.8 Å². The Hall–Kier alpha value is -1.10. The molecular weight excluding hydrogens is 278 g/mol. The molecule has 2 aliphatic heterocycles.